The number of aryl methyl sites for hydroxylation is 1. The molecule has 4 heterocycles. The standard InChI is InChI=1S/C23H28FN5O/c1-17(4-7-27-10-12-30-13-11-27)29-16-21(26-23(29)18-2-3-18)19-14-22-20(25-15-19)5-8-28(22)9-6-24/h5,8,14-16,18H,1-4,6-7,9-13H2. The highest BCUT2D eigenvalue weighted by Gasteiger charge is 2.30. The van der Waals surface area contributed by atoms with Crippen molar-refractivity contribution >= 4 is 16.7 Å². The van der Waals surface area contributed by atoms with E-state index in [1.165, 1.54) is 12.8 Å². The average molecular weight is 410 g/mol. The van der Waals surface area contributed by atoms with Gasteiger partial charge in [0.05, 0.1) is 36.5 Å². The predicted octanol–water partition coefficient (Wildman–Crippen LogP) is 3.94. The molecule has 1 aliphatic carbocycles. The Hall–Kier alpha value is -2.51. The summed E-state index contributed by atoms with van der Waals surface area (Å²) in [5.74, 6) is 1.63. The number of alkyl halides is 1. The molecule has 2 aliphatic rings. The summed E-state index contributed by atoms with van der Waals surface area (Å²) in [6.07, 6.45) is 9.13. The first kappa shape index (κ1) is 19.5. The summed E-state index contributed by atoms with van der Waals surface area (Å²) < 4.78 is 22.4. The van der Waals surface area contributed by atoms with Crippen LogP contribution in [-0.4, -0.2) is 63.5 Å². The number of hydrogen-bond acceptors (Lipinski definition) is 4. The summed E-state index contributed by atoms with van der Waals surface area (Å²) in [4.78, 5) is 12.0. The molecule has 3 aromatic heterocycles. The van der Waals surface area contributed by atoms with Crippen molar-refractivity contribution < 1.29 is 9.13 Å². The summed E-state index contributed by atoms with van der Waals surface area (Å²) in [5.41, 5.74) is 4.77. The number of nitrogens with zero attached hydrogens (tertiary/aromatic N) is 5. The highest BCUT2D eigenvalue weighted by Crippen LogP contribution is 2.41. The van der Waals surface area contributed by atoms with Crippen LogP contribution in [0.25, 0.3) is 28.0 Å². The molecule has 1 aliphatic heterocycles. The van der Waals surface area contributed by atoms with Crippen LogP contribution >= 0.6 is 0 Å². The Morgan fingerprint density at radius 2 is 2.07 bits per heavy atom. The van der Waals surface area contributed by atoms with Gasteiger partial charge in [-0.3, -0.25) is 9.88 Å². The van der Waals surface area contributed by atoms with Crippen molar-refractivity contribution in [1.82, 2.24) is 24.0 Å². The van der Waals surface area contributed by atoms with Crippen LogP contribution in [0, 0.1) is 0 Å². The predicted molar refractivity (Wildman–Crippen MR) is 116 cm³/mol. The largest absolute Gasteiger partial charge is 0.379 e. The number of morpholine rings is 1. The SMILES string of the molecule is C=C(CCN1CCOCC1)n1cc(-c2cnc3ccn(CCF)c3c2)nc1C1CC1. The monoisotopic (exact) mass is 409 g/mol. The molecule has 5 rings (SSSR count). The molecular formula is C23H28FN5O. The minimum Gasteiger partial charge on any atom is -0.379 e. The molecule has 158 valence electrons. The van der Waals surface area contributed by atoms with E-state index in [1.54, 1.807) is 0 Å². The number of halogens is 1. The molecule has 0 atom stereocenters. The van der Waals surface area contributed by atoms with E-state index < -0.39 is 6.67 Å². The quantitative estimate of drug-likeness (QED) is 0.565. The van der Waals surface area contributed by atoms with Crippen LogP contribution in [0.1, 0.15) is 31.0 Å². The third-order valence-corrected chi connectivity index (χ3v) is 6.08. The van der Waals surface area contributed by atoms with E-state index in [4.69, 9.17) is 9.72 Å². The van der Waals surface area contributed by atoms with E-state index in [0.717, 1.165) is 73.1 Å². The Bertz CT molecular complexity index is 1050. The maximum Gasteiger partial charge on any atom is 0.116 e. The van der Waals surface area contributed by atoms with Gasteiger partial charge in [-0.25, -0.2) is 9.37 Å². The van der Waals surface area contributed by atoms with Gasteiger partial charge in [-0.15, -0.1) is 0 Å². The molecule has 1 saturated carbocycles. The smallest absolute Gasteiger partial charge is 0.116 e. The lowest BCUT2D eigenvalue weighted by Gasteiger charge is -2.27. The van der Waals surface area contributed by atoms with Crippen LogP contribution in [0.5, 0.6) is 0 Å². The molecule has 3 aromatic rings. The molecule has 30 heavy (non-hydrogen) atoms. The van der Waals surface area contributed by atoms with Crippen molar-refractivity contribution in [1.29, 1.82) is 0 Å². The fourth-order valence-corrected chi connectivity index (χ4v) is 4.14. The highest BCUT2D eigenvalue weighted by molar-refractivity contribution is 5.80. The summed E-state index contributed by atoms with van der Waals surface area (Å²) in [7, 11) is 0. The topological polar surface area (TPSA) is 48.1 Å². The molecule has 0 amide bonds. The molecule has 0 N–H and O–H groups in total. The van der Waals surface area contributed by atoms with Gasteiger partial charge in [0.1, 0.15) is 12.5 Å². The van der Waals surface area contributed by atoms with E-state index >= 15 is 0 Å². The zero-order valence-electron chi connectivity index (χ0n) is 17.3. The molecule has 7 heteroatoms. The van der Waals surface area contributed by atoms with Crippen LogP contribution in [0.3, 0.4) is 0 Å². The Morgan fingerprint density at radius 3 is 2.83 bits per heavy atom. The van der Waals surface area contributed by atoms with Gasteiger partial charge in [0.2, 0.25) is 0 Å². The van der Waals surface area contributed by atoms with Gasteiger partial charge in [-0.2, -0.15) is 0 Å². The fraction of sp³-hybridized carbons (Fsp3) is 0.478. The van der Waals surface area contributed by atoms with E-state index in [2.05, 4.69) is 33.3 Å². The second-order valence-corrected chi connectivity index (χ2v) is 8.23. The Kier molecular flexibility index (Phi) is 5.39. The van der Waals surface area contributed by atoms with Gasteiger partial charge in [0.15, 0.2) is 0 Å². The molecule has 0 spiro atoms. The van der Waals surface area contributed by atoms with Gasteiger partial charge in [0, 0.05) is 61.8 Å². The molecule has 0 bridgehead atoms. The van der Waals surface area contributed by atoms with Crippen LogP contribution in [0.15, 0.2) is 37.3 Å². The number of imidazole rings is 1. The lowest BCUT2D eigenvalue weighted by Crippen LogP contribution is -2.37. The van der Waals surface area contributed by atoms with E-state index in [9.17, 15) is 4.39 Å². The van der Waals surface area contributed by atoms with E-state index in [1.807, 2.05) is 23.0 Å². The fourth-order valence-electron chi connectivity index (χ4n) is 4.14. The number of aromatic nitrogens is 4. The molecule has 0 unspecified atom stereocenters. The molecule has 2 fully saturated rings. The van der Waals surface area contributed by atoms with Crippen LogP contribution in [0.4, 0.5) is 4.39 Å². The van der Waals surface area contributed by atoms with Crippen molar-refractivity contribution in [3.63, 3.8) is 0 Å². The first-order chi connectivity index (χ1) is 14.7. The van der Waals surface area contributed by atoms with Gasteiger partial charge in [-0.1, -0.05) is 6.58 Å². The summed E-state index contributed by atoms with van der Waals surface area (Å²) >= 11 is 0. The Balaban J connectivity index is 1.40. The third kappa shape index (κ3) is 3.91. The van der Waals surface area contributed by atoms with Gasteiger partial charge < -0.3 is 13.9 Å². The van der Waals surface area contributed by atoms with Crippen molar-refractivity contribution in [2.24, 2.45) is 0 Å². The molecule has 6 nitrogen and oxygen atoms in total. The summed E-state index contributed by atoms with van der Waals surface area (Å²) in [6, 6.07) is 3.99. The normalized spacial score (nSPS) is 17.6. The van der Waals surface area contributed by atoms with Crippen LogP contribution < -0.4 is 0 Å². The Labute approximate surface area is 176 Å². The minimum absolute atomic E-state index is 0.342. The number of hydrogen-bond donors (Lipinski definition) is 0. The van der Waals surface area contributed by atoms with Gasteiger partial charge in [-0.05, 0) is 25.0 Å². The number of pyridine rings is 1. The highest BCUT2D eigenvalue weighted by atomic mass is 19.1. The first-order valence-electron chi connectivity index (χ1n) is 10.8. The van der Waals surface area contributed by atoms with E-state index in [-0.39, 0.29) is 0 Å². The van der Waals surface area contributed by atoms with Crippen molar-refractivity contribution in [3.05, 3.63) is 43.1 Å². The van der Waals surface area contributed by atoms with Crippen molar-refractivity contribution in [2.75, 3.05) is 39.5 Å². The minimum atomic E-state index is -0.391. The van der Waals surface area contributed by atoms with Crippen molar-refractivity contribution in [2.45, 2.75) is 31.7 Å². The number of fused-ring (bicyclic) bond motifs is 1. The van der Waals surface area contributed by atoms with Crippen molar-refractivity contribution in [3.8, 4) is 11.3 Å². The number of ether oxygens (including phenoxy) is 1. The molecular weight excluding hydrogens is 381 g/mol. The van der Waals surface area contributed by atoms with Gasteiger partial charge in [0.25, 0.3) is 0 Å². The maximum atomic E-state index is 12.9. The van der Waals surface area contributed by atoms with E-state index in [0.29, 0.717) is 12.5 Å². The molecule has 0 aromatic carbocycles. The lowest BCUT2D eigenvalue weighted by molar-refractivity contribution is 0.0388. The third-order valence-electron chi connectivity index (χ3n) is 6.08. The lowest BCUT2D eigenvalue weighted by atomic mass is 10.2. The zero-order chi connectivity index (χ0) is 20.5. The second-order valence-electron chi connectivity index (χ2n) is 8.23. The van der Waals surface area contributed by atoms with Crippen LogP contribution in [-0.2, 0) is 11.3 Å². The summed E-state index contributed by atoms with van der Waals surface area (Å²) in [6.45, 7) is 8.92. The maximum absolute atomic E-state index is 12.9. The zero-order valence-corrected chi connectivity index (χ0v) is 17.3. The van der Waals surface area contributed by atoms with Gasteiger partial charge >= 0.3 is 0 Å². The first-order valence-corrected chi connectivity index (χ1v) is 10.8. The second kappa shape index (κ2) is 8.32. The molecule has 0 radical (unpaired) electrons. The summed E-state index contributed by atoms with van der Waals surface area (Å²) in [5, 5.41) is 0. The molecule has 1 saturated heterocycles. The van der Waals surface area contributed by atoms with Crippen LogP contribution in [0.2, 0.25) is 0 Å². The Morgan fingerprint density at radius 1 is 1.23 bits per heavy atom. The average Bonchev–Trinajstić information content (AvgIpc) is 3.40. The number of rotatable bonds is 8.